The van der Waals surface area contributed by atoms with Crippen molar-refractivity contribution in [2.45, 2.75) is 6.42 Å². The zero-order valence-corrected chi connectivity index (χ0v) is 12.7. The van der Waals surface area contributed by atoms with Crippen LogP contribution in [0, 0.1) is 5.82 Å². The van der Waals surface area contributed by atoms with E-state index in [2.05, 4.69) is 14.8 Å². The largest absolute Gasteiger partial charge is 0.366 e. The summed E-state index contributed by atoms with van der Waals surface area (Å²) in [5.41, 5.74) is 7.16. The first-order chi connectivity index (χ1) is 10.3. The predicted molar refractivity (Wildman–Crippen MR) is 85.7 cm³/mol. The number of hydrogen-bond acceptors (Lipinski definition) is 5. The molecule has 1 saturated heterocycles. The van der Waals surface area contributed by atoms with E-state index in [-0.39, 0.29) is 5.82 Å². The first-order valence-electron chi connectivity index (χ1n) is 7.16. The van der Waals surface area contributed by atoms with Gasteiger partial charge in [0.05, 0.1) is 5.69 Å². The molecule has 0 spiro atoms. The van der Waals surface area contributed by atoms with E-state index < -0.39 is 0 Å². The summed E-state index contributed by atoms with van der Waals surface area (Å²) in [7, 11) is 0. The summed E-state index contributed by atoms with van der Waals surface area (Å²) in [6.07, 6.45) is 2.54. The summed E-state index contributed by atoms with van der Waals surface area (Å²) in [6, 6.07) is 5.45. The van der Waals surface area contributed by atoms with E-state index in [0.29, 0.717) is 12.2 Å². The molecular formula is C15H19FN4S. The van der Waals surface area contributed by atoms with Crippen molar-refractivity contribution in [3.8, 4) is 0 Å². The summed E-state index contributed by atoms with van der Waals surface area (Å²) in [5, 5.41) is 3.03. The number of thiazole rings is 1. The molecule has 3 rings (SSSR count). The fourth-order valence-corrected chi connectivity index (χ4v) is 3.34. The molecule has 6 heteroatoms. The van der Waals surface area contributed by atoms with Gasteiger partial charge in [-0.05, 0) is 30.7 Å². The Bertz CT molecular complexity index is 579. The molecule has 1 aromatic heterocycles. The third-order valence-electron chi connectivity index (χ3n) is 3.76. The molecule has 2 heterocycles. The number of nitrogens with two attached hydrogens (primary N) is 1. The molecule has 0 amide bonds. The molecule has 2 N–H and O–H groups in total. The van der Waals surface area contributed by atoms with Gasteiger partial charge in [-0.3, -0.25) is 0 Å². The van der Waals surface area contributed by atoms with Crippen molar-refractivity contribution in [1.82, 2.24) is 4.98 Å². The van der Waals surface area contributed by atoms with Gasteiger partial charge in [-0.2, -0.15) is 0 Å². The van der Waals surface area contributed by atoms with E-state index >= 15 is 0 Å². The van der Waals surface area contributed by atoms with Gasteiger partial charge in [0.15, 0.2) is 5.13 Å². The minimum Gasteiger partial charge on any atom is -0.366 e. The number of aromatic nitrogens is 1. The lowest BCUT2D eigenvalue weighted by Crippen LogP contribution is -2.46. The summed E-state index contributed by atoms with van der Waals surface area (Å²) in [5.74, 6) is -0.149. The number of hydrogen-bond donors (Lipinski definition) is 1. The molecule has 0 saturated carbocycles. The molecule has 1 aliphatic rings. The Morgan fingerprint density at radius 3 is 2.57 bits per heavy atom. The third-order valence-corrected chi connectivity index (χ3v) is 4.59. The second-order valence-electron chi connectivity index (χ2n) is 5.11. The van der Waals surface area contributed by atoms with Crippen LogP contribution in [0.25, 0.3) is 0 Å². The molecule has 2 aromatic rings. The van der Waals surface area contributed by atoms with E-state index in [1.165, 1.54) is 0 Å². The highest BCUT2D eigenvalue weighted by molar-refractivity contribution is 7.13. The minimum atomic E-state index is -0.149. The average Bonchev–Trinajstić information content (AvgIpc) is 3.02. The van der Waals surface area contributed by atoms with Crippen LogP contribution in [0.1, 0.15) is 5.56 Å². The topological polar surface area (TPSA) is 45.4 Å². The molecule has 1 aliphatic heterocycles. The molecule has 0 radical (unpaired) electrons. The second-order valence-corrected chi connectivity index (χ2v) is 5.99. The number of anilines is 2. The quantitative estimate of drug-likeness (QED) is 0.940. The maximum atomic E-state index is 14.2. The standard InChI is InChI=1S/C15H19FN4S/c16-13-11-12(3-4-17)1-2-14(13)19-6-8-20(9-7-19)15-18-5-10-21-15/h1-2,5,10-11H,3-4,6-9,17H2. The normalized spacial score (nSPS) is 15.5. The van der Waals surface area contributed by atoms with Crippen molar-refractivity contribution in [3.63, 3.8) is 0 Å². The highest BCUT2D eigenvalue weighted by atomic mass is 32.1. The van der Waals surface area contributed by atoms with Gasteiger partial charge in [-0.1, -0.05) is 6.07 Å². The lowest BCUT2D eigenvalue weighted by atomic mass is 10.1. The molecule has 0 aliphatic carbocycles. The molecule has 21 heavy (non-hydrogen) atoms. The van der Waals surface area contributed by atoms with Crippen molar-refractivity contribution in [2.75, 3.05) is 42.5 Å². The number of nitrogens with zero attached hydrogens (tertiary/aromatic N) is 3. The molecule has 4 nitrogen and oxygen atoms in total. The lowest BCUT2D eigenvalue weighted by molar-refractivity contribution is 0.596. The molecule has 112 valence electrons. The zero-order valence-electron chi connectivity index (χ0n) is 11.8. The maximum absolute atomic E-state index is 14.2. The van der Waals surface area contributed by atoms with E-state index in [1.807, 2.05) is 23.7 Å². The van der Waals surface area contributed by atoms with Gasteiger partial charge < -0.3 is 15.5 Å². The lowest BCUT2D eigenvalue weighted by Gasteiger charge is -2.36. The highest BCUT2D eigenvalue weighted by Gasteiger charge is 2.20. The Morgan fingerprint density at radius 2 is 1.95 bits per heavy atom. The van der Waals surface area contributed by atoms with Gasteiger partial charge >= 0.3 is 0 Å². The van der Waals surface area contributed by atoms with Crippen LogP contribution in [0.5, 0.6) is 0 Å². The van der Waals surface area contributed by atoms with E-state index in [1.54, 1.807) is 17.4 Å². The number of piperazine rings is 1. The highest BCUT2D eigenvalue weighted by Crippen LogP contribution is 2.24. The van der Waals surface area contributed by atoms with Gasteiger partial charge in [-0.25, -0.2) is 9.37 Å². The Balaban J connectivity index is 1.66. The summed E-state index contributed by atoms with van der Waals surface area (Å²) < 4.78 is 14.2. The number of halogens is 1. The van der Waals surface area contributed by atoms with Gasteiger partial charge in [0.2, 0.25) is 0 Å². The van der Waals surface area contributed by atoms with Crippen molar-refractivity contribution in [2.24, 2.45) is 5.73 Å². The van der Waals surface area contributed by atoms with Crippen molar-refractivity contribution >= 4 is 22.2 Å². The fraction of sp³-hybridized carbons (Fsp3) is 0.400. The molecule has 0 unspecified atom stereocenters. The van der Waals surface area contributed by atoms with Gasteiger partial charge in [0.1, 0.15) is 5.82 Å². The smallest absolute Gasteiger partial charge is 0.185 e. The number of rotatable bonds is 4. The SMILES string of the molecule is NCCc1ccc(N2CCN(c3nccs3)CC2)c(F)c1. The summed E-state index contributed by atoms with van der Waals surface area (Å²) >= 11 is 1.65. The first kappa shape index (κ1) is 14.3. The zero-order chi connectivity index (χ0) is 14.7. The van der Waals surface area contributed by atoms with Gasteiger partial charge in [-0.15, -0.1) is 11.3 Å². The van der Waals surface area contributed by atoms with Gasteiger partial charge in [0, 0.05) is 37.8 Å². The Morgan fingerprint density at radius 1 is 1.19 bits per heavy atom. The first-order valence-corrected chi connectivity index (χ1v) is 8.04. The van der Waals surface area contributed by atoms with Crippen molar-refractivity contribution in [1.29, 1.82) is 0 Å². The van der Waals surface area contributed by atoms with Crippen LogP contribution in [0.3, 0.4) is 0 Å². The Kier molecular flexibility index (Phi) is 4.36. The predicted octanol–water partition coefficient (Wildman–Crippen LogP) is 2.11. The summed E-state index contributed by atoms with van der Waals surface area (Å²) in [6.45, 7) is 3.92. The van der Waals surface area contributed by atoms with Gasteiger partial charge in [0.25, 0.3) is 0 Å². The van der Waals surface area contributed by atoms with E-state index in [9.17, 15) is 4.39 Å². The third kappa shape index (κ3) is 3.16. The van der Waals surface area contributed by atoms with Crippen LogP contribution in [-0.2, 0) is 6.42 Å². The van der Waals surface area contributed by atoms with E-state index in [4.69, 9.17) is 5.73 Å². The van der Waals surface area contributed by atoms with Crippen LogP contribution < -0.4 is 15.5 Å². The van der Waals surface area contributed by atoms with Crippen LogP contribution >= 0.6 is 11.3 Å². The molecule has 0 atom stereocenters. The summed E-state index contributed by atoms with van der Waals surface area (Å²) in [4.78, 5) is 8.68. The van der Waals surface area contributed by atoms with Crippen LogP contribution in [-0.4, -0.2) is 37.7 Å². The molecular weight excluding hydrogens is 287 g/mol. The maximum Gasteiger partial charge on any atom is 0.185 e. The second kappa shape index (κ2) is 6.41. The van der Waals surface area contributed by atoms with Crippen LogP contribution in [0.15, 0.2) is 29.8 Å². The van der Waals surface area contributed by atoms with Crippen molar-refractivity contribution in [3.05, 3.63) is 41.2 Å². The fourth-order valence-electron chi connectivity index (χ4n) is 2.64. The van der Waals surface area contributed by atoms with E-state index in [0.717, 1.165) is 43.3 Å². The monoisotopic (exact) mass is 306 g/mol. The van der Waals surface area contributed by atoms with Crippen LogP contribution in [0.4, 0.5) is 15.2 Å². The molecule has 0 bridgehead atoms. The molecule has 1 aromatic carbocycles. The Labute approximate surface area is 128 Å². The minimum absolute atomic E-state index is 0.149. The average molecular weight is 306 g/mol. The number of benzene rings is 1. The van der Waals surface area contributed by atoms with Crippen molar-refractivity contribution < 1.29 is 4.39 Å². The van der Waals surface area contributed by atoms with Crippen LogP contribution in [0.2, 0.25) is 0 Å². The Hall–Kier alpha value is -1.66. The molecule has 1 fully saturated rings.